The van der Waals surface area contributed by atoms with Crippen LogP contribution in [-0.4, -0.2) is 40.0 Å². The average Bonchev–Trinajstić information content (AvgIpc) is 3.52. The number of hydrogen-bond donors (Lipinski definition) is 4. The smallest absolute Gasteiger partial charge is 0.408 e. The van der Waals surface area contributed by atoms with Crippen molar-refractivity contribution in [1.82, 2.24) is 25.9 Å². The number of alkyl carbamates (subject to hydrolysis) is 1. The van der Waals surface area contributed by atoms with Gasteiger partial charge in [0, 0.05) is 19.0 Å². The van der Waals surface area contributed by atoms with Crippen LogP contribution in [0.4, 0.5) is 4.79 Å². The Hall–Kier alpha value is -4.66. The molecule has 0 fully saturated rings. The van der Waals surface area contributed by atoms with Crippen molar-refractivity contribution in [3.8, 4) is 0 Å². The van der Waals surface area contributed by atoms with Crippen LogP contribution in [0.25, 0.3) is 10.8 Å². The van der Waals surface area contributed by atoms with Gasteiger partial charge in [0.2, 0.25) is 11.8 Å². The molecule has 1 unspecified atom stereocenters. The van der Waals surface area contributed by atoms with Gasteiger partial charge in [-0.15, -0.1) is 0 Å². The highest BCUT2D eigenvalue weighted by atomic mass is 16.5. The molecule has 9 heteroatoms. The van der Waals surface area contributed by atoms with Crippen LogP contribution in [0.3, 0.4) is 0 Å². The SMILES string of the molecule is CCC(C)[CH]NC(=O)[C@@H](Cc1c[nH]cn1)NC(=O)[C@@H](Cc1cccc2ccccc12)NC(=O)OCc1ccccc1. The summed E-state index contributed by atoms with van der Waals surface area (Å²) < 4.78 is 5.42. The van der Waals surface area contributed by atoms with Crippen molar-refractivity contribution in [2.75, 3.05) is 0 Å². The summed E-state index contributed by atoms with van der Waals surface area (Å²) in [5.74, 6) is -0.702. The van der Waals surface area contributed by atoms with Gasteiger partial charge in [-0.3, -0.25) is 9.59 Å². The number of ether oxygens (including phenoxy) is 1. The third-order valence-electron chi connectivity index (χ3n) is 6.88. The molecule has 1 radical (unpaired) electrons. The van der Waals surface area contributed by atoms with Gasteiger partial charge in [0.25, 0.3) is 0 Å². The number of nitrogens with zero attached hydrogens (tertiary/aromatic N) is 1. The molecule has 1 aromatic heterocycles. The first-order chi connectivity index (χ1) is 19.9. The number of carbonyl (C=O) groups excluding carboxylic acids is 3. The van der Waals surface area contributed by atoms with Gasteiger partial charge in [0.05, 0.1) is 18.6 Å². The average molecular weight is 555 g/mol. The van der Waals surface area contributed by atoms with Crippen molar-refractivity contribution < 1.29 is 19.1 Å². The summed E-state index contributed by atoms with van der Waals surface area (Å²) in [6.45, 7) is 5.80. The fourth-order valence-electron chi connectivity index (χ4n) is 4.34. The Morgan fingerprint density at radius 3 is 2.39 bits per heavy atom. The lowest BCUT2D eigenvalue weighted by molar-refractivity contribution is -0.129. The van der Waals surface area contributed by atoms with Crippen molar-refractivity contribution in [2.45, 2.75) is 51.8 Å². The maximum Gasteiger partial charge on any atom is 0.408 e. The molecule has 4 rings (SSSR count). The second-order valence-electron chi connectivity index (χ2n) is 9.99. The first-order valence-corrected chi connectivity index (χ1v) is 13.8. The molecule has 0 spiro atoms. The van der Waals surface area contributed by atoms with Crippen molar-refractivity contribution in [3.05, 3.63) is 109 Å². The van der Waals surface area contributed by atoms with E-state index in [1.54, 1.807) is 12.7 Å². The van der Waals surface area contributed by atoms with Crippen LogP contribution in [0, 0.1) is 12.5 Å². The number of amides is 3. The Bertz CT molecular complexity index is 1420. The molecule has 3 aromatic carbocycles. The van der Waals surface area contributed by atoms with Gasteiger partial charge in [-0.05, 0) is 27.8 Å². The van der Waals surface area contributed by atoms with Crippen molar-refractivity contribution in [2.24, 2.45) is 5.92 Å². The summed E-state index contributed by atoms with van der Waals surface area (Å²) in [5, 5.41) is 10.4. The molecule has 213 valence electrons. The molecule has 1 heterocycles. The summed E-state index contributed by atoms with van der Waals surface area (Å²) in [7, 11) is 0. The van der Waals surface area contributed by atoms with Crippen molar-refractivity contribution >= 4 is 28.7 Å². The van der Waals surface area contributed by atoms with Crippen LogP contribution in [0.1, 0.15) is 37.1 Å². The van der Waals surface area contributed by atoms with Gasteiger partial charge in [-0.2, -0.15) is 0 Å². The monoisotopic (exact) mass is 554 g/mol. The van der Waals surface area contributed by atoms with Crippen LogP contribution >= 0.6 is 0 Å². The fourth-order valence-corrected chi connectivity index (χ4v) is 4.34. The molecule has 0 aliphatic carbocycles. The highest BCUT2D eigenvalue weighted by Gasteiger charge is 2.29. The van der Waals surface area contributed by atoms with E-state index < -0.39 is 24.1 Å². The standard InChI is InChI=1S/C32H36N5O4/c1-3-22(2)18-34-30(38)29(17-26-19-33-21-35-26)36-31(39)28(37-32(40)41-20-23-10-5-4-6-11-23)16-25-14-9-13-24-12-7-8-15-27(24)25/h4-15,18-19,21-22,28-29H,3,16-17,20H2,1-2H3,(H,33,35)(H,34,38)(H,36,39)(H,37,40)/t22?,28-,29-/m1/s1. The molecule has 41 heavy (non-hydrogen) atoms. The number of benzene rings is 3. The minimum atomic E-state index is -1.00. The number of H-pyrrole nitrogens is 1. The molecule has 4 aromatic rings. The van der Waals surface area contributed by atoms with Crippen LogP contribution in [0.15, 0.2) is 85.3 Å². The van der Waals surface area contributed by atoms with E-state index in [9.17, 15) is 14.4 Å². The molecule has 3 amide bonds. The zero-order chi connectivity index (χ0) is 29.0. The third-order valence-corrected chi connectivity index (χ3v) is 6.88. The van der Waals surface area contributed by atoms with E-state index in [0.29, 0.717) is 5.69 Å². The summed E-state index contributed by atoms with van der Waals surface area (Å²) in [6, 6.07) is 21.1. The molecule has 3 atom stereocenters. The van der Waals surface area contributed by atoms with Gasteiger partial charge >= 0.3 is 6.09 Å². The zero-order valence-electron chi connectivity index (χ0n) is 23.3. The minimum Gasteiger partial charge on any atom is -0.445 e. The second kappa shape index (κ2) is 14.6. The summed E-state index contributed by atoms with van der Waals surface area (Å²) in [5.41, 5.74) is 2.32. The van der Waals surface area contributed by atoms with E-state index in [2.05, 4.69) is 25.9 Å². The number of imidazole rings is 1. The van der Waals surface area contributed by atoms with Gasteiger partial charge in [-0.1, -0.05) is 93.1 Å². The molecular weight excluding hydrogens is 518 g/mol. The Kier molecular flexibility index (Phi) is 10.5. The maximum absolute atomic E-state index is 13.7. The van der Waals surface area contributed by atoms with Crippen LogP contribution in [0.5, 0.6) is 0 Å². The Morgan fingerprint density at radius 1 is 0.902 bits per heavy atom. The first kappa shape index (κ1) is 29.3. The number of carbonyl (C=O) groups is 3. The number of rotatable bonds is 13. The number of nitrogens with one attached hydrogen (secondary N) is 4. The molecule has 0 saturated carbocycles. The lowest BCUT2D eigenvalue weighted by Crippen LogP contribution is -2.55. The molecule has 0 saturated heterocycles. The Balaban J connectivity index is 1.53. The van der Waals surface area contributed by atoms with Crippen LogP contribution in [-0.2, 0) is 33.8 Å². The molecule has 0 aliphatic heterocycles. The Labute approximate surface area is 240 Å². The largest absolute Gasteiger partial charge is 0.445 e. The van der Waals surface area contributed by atoms with E-state index in [-0.39, 0.29) is 31.3 Å². The molecular formula is C32H36N5O4. The van der Waals surface area contributed by atoms with Gasteiger partial charge in [0.15, 0.2) is 0 Å². The lowest BCUT2D eigenvalue weighted by Gasteiger charge is -2.23. The molecule has 9 nitrogen and oxygen atoms in total. The van der Waals surface area contributed by atoms with Gasteiger partial charge in [-0.25, -0.2) is 9.78 Å². The van der Waals surface area contributed by atoms with Gasteiger partial charge in [0.1, 0.15) is 18.7 Å². The van der Waals surface area contributed by atoms with Crippen molar-refractivity contribution in [1.29, 1.82) is 0 Å². The first-order valence-electron chi connectivity index (χ1n) is 13.8. The Morgan fingerprint density at radius 2 is 1.63 bits per heavy atom. The normalized spacial score (nSPS) is 13.1. The number of aromatic nitrogens is 2. The number of aromatic amines is 1. The topological polar surface area (TPSA) is 125 Å². The predicted molar refractivity (Wildman–Crippen MR) is 157 cm³/mol. The maximum atomic E-state index is 13.7. The zero-order valence-corrected chi connectivity index (χ0v) is 23.3. The summed E-state index contributed by atoms with van der Waals surface area (Å²) in [6.07, 6.45) is 3.70. The number of fused-ring (bicyclic) bond motifs is 1. The van der Waals surface area contributed by atoms with Gasteiger partial charge < -0.3 is 25.7 Å². The van der Waals surface area contributed by atoms with Crippen LogP contribution < -0.4 is 16.0 Å². The number of hydrogen-bond acceptors (Lipinski definition) is 5. The molecule has 4 N–H and O–H groups in total. The summed E-state index contributed by atoms with van der Waals surface area (Å²) >= 11 is 0. The lowest BCUT2D eigenvalue weighted by atomic mass is 9.98. The highest BCUT2D eigenvalue weighted by molar-refractivity contribution is 5.93. The minimum absolute atomic E-state index is 0.0604. The van der Waals surface area contributed by atoms with E-state index >= 15 is 0 Å². The highest BCUT2D eigenvalue weighted by Crippen LogP contribution is 2.20. The van der Waals surface area contributed by atoms with E-state index in [1.165, 1.54) is 6.33 Å². The second-order valence-corrected chi connectivity index (χ2v) is 9.99. The molecule has 0 aliphatic rings. The summed E-state index contributed by atoms with van der Waals surface area (Å²) in [4.78, 5) is 46.8. The van der Waals surface area contributed by atoms with E-state index in [4.69, 9.17) is 4.74 Å². The van der Waals surface area contributed by atoms with E-state index in [0.717, 1.165) is 28.3 Å². The fraction of sp³-hybridized carbons (Fsp3) is 0.281. The van der Waals surface area contributed by atoms with E-state index in [1.807, 2.05) is 86.6 Å². The quantitative estimate of drug-likeness (QED) is 0.194. The third kappa shape index (κ3) is 8.66. The van der Waals surface area contributed by atoms with Crippen LogP contribution in [0.2, 0.25) is 0 Å². The molecule has 0 bridgehead atoms. The van der Waals surface area contributed by atoms with Crippen molar-refractivity contribution in [3.63, 3.8) is 0 Å². The predicted octanol–water partition coefficient (Wildman–Crippen LogP) is 4.45.